The quantitative estimate of drug-likeness (QED) is 0.798. The number of aromatic amines is 1. The lowest BCUT2D eigenvalue weighted by Gasteiger charge is -2.32. The number of amides is 2. The molecule has 1 aromatic carbocycles. The number of hydrogen-bond donors (Lipinski definition) is 2. The van der Waals surface area contributed by atoms with Crippen molar-refractivity contribution in [3.8, 4) is 0 Å². The molecule has 1 saturated heterocycles. The van der Waals surface area contributed by atoms with Crippen molar-refractivity contribution < 1.29 is 14.0 Å². The first-order valence-electron chi connectivity index (χ1n) is 8.18. The maximum atomic E-state index is 13.0. The highest BCUT2D eigenvalue weighted by Gasteiger charge is 2.29. The predicted octanol–water partition coefficient (Wildman–Crippen LogP) is 2.77. The second-order valence-corrected chi connectivity index (χ2v) is 7.06. The van der Waals surface area contributed by atoms with Gasteiger partial charge in [0.15, 0.2) is 0 Å². The van der Waals surface area contributed by atoms with Gasteiger partial charge in [0.2, 0.25) is 5.91 Å². The Morgan fingerprint density at radius 2 is 2.00 bits per heavy atom. The van der Waals surface area contributed by atoms with Crippen molar-refractivity contribution >= 4 is 33.4 Å². The van der Waals surface area contributed by atoms with Gasteiger partial charge in [-0.25, -0.2) is 4.39 Å². The van der Waals surface area contributed by atoms with Crippen LogP contribution >= 0.6 is 15.9 Å². The number of nitrogens with one attached hydrogen (secondary N) is 2. The van der Waals surface area contributed by atoms with Crippen LogP contribution < -0.4 is 10.9 Å². The van der Waals surface area contributed by atoms with Crippen LogP contribution in [0.25, 0.3) is 0 Å². The maximum Gasteiger partial charge on any atom is 0.271 e. The van der Waals surface area contributed by atoms with Crippen LogP contribution in [0.15, 0.2) is 45.8 Å². The summed E-state index contributed by atoms with van der Waals surface area (Å²) < 4.78 is 13.7. The average molecular weight is 422 g/mol. The van der Waals surface area contributed by atoms with Crippen LogP contribution in [0.2, 0.25) is 0 Å². The lowest BCUT2D eigenvalue weighted by atomic mass is 9.96. The van der Waals surface area contributed by atoms with Crippen molar-refractivity contribution in [1.82, 2.24) is 9.88 Å². The van der Waals surface area contributed by atoms with E-state index in [-0.39, 0.29) is 24.0 Å². The van der Waals surface area contributed by atoms with Gasteiger partial charge in [-0.05, 0) is 59.1 Å². The van der Waals surface area contributed by atoms with E-state index in [0.29, 0.717) is 29.4 Å². The number of H-pyrrole nitrogens is 1. The summed E-state index contributed by atoms with van der Waals surface area (Å²) in [5, 5.41) is 2.63. The zero-order chi connectivity index (χ0) is 18.7. The maximum absolute atomic E-state index is 13.0. The van der Waals surface area contributed by atoms with Crippen LogP contribution in [-0.2, 0) is 4.79 Å². The van der Waals surface area contributed by atoms with Crippen molar-refractivity contribution in [3.63, 3.8) is 0 Å². The summed E-state index contributed by atoms with van der Waals surface area (Å²) in [6, 6.07) is 6.87. The van der Waals surface area contributed by atoms with Gasteiger partial charge in [-0.15, -0.1) is 0 Å². The SMILES string of the molecule is O=C(Nc1cc(Br)c[nH]c1=O)C1CCCN(C(=O)c2ccc(F)cc2)C1. The number of likely N-dealkylation sites (tertiary alicyclic amines) is 1. The minimum absolute atomic E-state index is 0.159. The summed E-state index contributed by atoms with van der Waals surface area (Å²) in [7, 11) is 0. The van der Waals surface area contributed by atoms with Crippen molar-refractivity contribution in [2.24, 2.45) is 5.92 Å². The number of piperidine rings is 1. The molecule has 1 aromatic heterocycles. The molecule has 2 amide bonds. The Balaban J connectivity index is 1.68. The summed E-state index contributed by atoms with van der Waals surface area (Å²) >= 11 is 3.24. The second-order valence-electron chi connectivity index (χ2n) is 6.15. The van der Waals surface area contributed by atoms with E-state index >= 15 is 0 Å². The molecule has 3 rings (SSSR count). The molecule has 1 aliphatic heterocycles. The smallest absolute Gasteiger partial charge is 0.271 e. The average Bonchev–Trinajstić information content (AvgIpc) is 2.65. The molecule has 1 unspecified atom stereocenters. The van der Waals surface area contributed by atoms with Gasteiger partial charge in [-0.2, -0.15) is 0 Å². The molecule has 136 valence electrons. The van der Waals surface area contributed by atoms with E-state index in [0.717, 1.165) is 0 Å². The molecule has 0 bridgehead atoms. The molecule has 0 radical (unpaired) electrons. The van der Waals surface area contributed by atoms with Gasteiger partial charge in [0.1, 0.15) is 11.5 Å². The molecule has 8 heteroatoms. The molecule has 2 N–H and O–H groups in total. The number of aromatic nitrogens is 1. The Hall–Kier alpha value is -2.48. The first-order chi connectivity index (χ1) is 12.4. The molecule has 6 nitrogen and oxygen atoms in total. The molecule has 26 heavy (non-hydrogen) atoms. The van der Waals surface area contributed by atoms with Crippen LogP contribution in [0.1, 0.15) is 23.2 Å². The Morgan fingerprint density at radius 3 is 2.73 bits per heavy atom. The van der Waals surface area contributed by atoms with Crippen molar-refractivity contribution in [2.45, 2.75) is 12.8 Å². The highest BCUT2D eigenvalue weighted by atomic mass is 79.9. The largest absolute Gasteiger partial charge is 0.338 e. The zero-order valence-corrected chi connectivity index (χ0v) is 15.4. The lowest BCUT2D eigenvalue weighted by molar-refractivity contribution is -0.121. The van der Waals surface area contributed by atoms with Crippen molar-refractivity contribution in [2.75, 3.05) is 18.4 Å². The van der Waals surface area contributed by atoms with E-state index in [4.69, 9.17) is 0 Å². The zero-order valence-electron chi connectivity index (χ0n) is 13.8. The minimum atomic E-state index is -0.411. The van der Waals surface area contributed by atoms with Gasteiger partial charge < -0.3 is 15.2 Å². The highest BCUT2D eigenvalue weighted by molar-refractivity contribution is 9.10. The molecule has 0 spiro atoms. The number of carbonyl (C=O) groups is 2. The number of benzene rings is 1. The van der Waals surface area contributed by atoms with Crippen molar-refractivity contribution in [3.05, 3.63) is 62.7 Å². The molecule has 1 fully saturated rings. The molecular formula is C18H17BrFN3O3. The third kappa shape index (κ3) is 4.19. The van der Waals surface area contributed by atoms with Crippen LogP contribution in [-0.4, -0.2) is 34.8 Å². The molecule has 0 aliphatic carbocycles. The summed E-state index contributed by atoms with van der Waals surface area (Å²) in [6.07, 6.45) is 2.80. The van der Waals surface area contributed by atoms with Gasteiger partial charge in [-0.3, -0.25) is 14.4 Å². The third-order valence-electron chi connectivity index (χ3n) is 4.30. The molecule has 1 aliphatic rings. The van der Waals surface area contributed by atoms with Gasteiger partial charge in [0.05, 0.1) is 5.92 Å². The fourth-order valence-corrected chi connectivity index (χ4v) is 3.28. The number of nitrogens with zero attached hydrogens (tertiary/aromatic N) is 1. The monoisotopic (exact) mass is 421 g/mol. The topological polar surface area (TPSA) is 82.3 Å². The Morgan fingerprint density at radius 1 is 1.27 bits per heavy atom. The number of anilines is 1. The number of hydrogen-bond acceptors (Lipinski definition) is 3. The van der Waals surface area contributed by atoms with Gasteiger partial charge in [-0.1, -0.05) is 0 Å². The second kappa shape index (κ2) is 7.82. The summed E-state index contributed by atoms with van der Waals surface area (Å²) in [5.41, 5.74) is 0.152. The van der Waals surface area contributed by atoms with Crippen LogP contribution in [0.4, 0.5) is 10.1 Å². The Bertz CT molecular complexity index is 882. The number of halogens is 2. The minimum Gasteiger partial charge on any atom is -0.338 e. The van der Waals surface area contributed by atoms with E-state index in [1.807, 2.05) is 0 Å². The first kappa shape index (κ1) is 18.3. The van der Waals surface area contributed by atoms with E-state index in [1.165, 1.54) is 36.5 Å². The molecule has 0 saturated carbocycles. The first-order valence-corrected chi connectivity index (χ1v) is 8.97. The van der Waals surface area contributed by atoms with Gasteiger partial charge >= 0.3 is 0 Å². The van der Waals surface area contributed by atoms with Crippen LogP contribution in [0, 0.1) is 11.7 Å². The summed E-state index contributed by atoms with van der Waals surface area (Å²) in [6.45, 7) is 0.797. The molecule has 2 heterocycles. The standard InChI is InChI=1S/C18H17BrFN3O3/c19-13-8-15(17(25)21-9-13)22-16(24)12-2-1-7-23(10-12)18(26)11-3-5-14(20)6-4-11/h3-6,8-9,12H,1-2,7,10H2,(H,21,25)(H,22,24). The van der Waals surface area contributed by atoms with E-state index in [2.05, 4.69) is 26.2 Å². The third-order valence-corrected chi connectivity index (χ3v) is 4.75. The molecule has 1 atom stereocenters. The van der Waals surface area contributed by atoms with E-state index < -0.39 is 17.3 Å². The predicted molar refractivity (Wildman–Crippen MR) is 98.4 cm³/mol. The molecule has 2 aromatic rings. The number of pyridine rings is 1. The summed E-state index contributed by atoms with van der Waals surface area (Å²) in [4.78, 5) is 41.0. The fraction of sp³-hybridized carbons (Fsp3) is 0.278. The summed E-state index contributed by atoms with van der Waals surface area (Å²) in [5.74, 6) is -1.35. The normalized spacial score (nSPS) is 17.0. The number of rotatable bonds is 3. The van der Waals surface area contributed by atoms with Crippen molar-refractivity contribution in [1.29, 1.82) is 0 Å². The van der Waals surface area contributed by atoms with Crippen LogP contribution in [0.5, 0.6) is 0 Å². The van der Waals surface area contributed by atoms with E-state index in [1.54, 1.807) is 4.90 Å². The Labute approximate surface area is 157 Å². The van der Waals surface area contributed by atoms with Gasteiger partial charge in [0, 0.05) is 29.3 Å². The fourth-order valence-electron chi connectivity index (χ4n) is 2.94. The van der Waals surface area contributed by atoms with Gasteiger partial charge in [0.25, 0.3) is 11.5 Å². The number of carbonyl (C=O) groups excluding carboxylic acids is 2. The van der Waals surface area contributed by atoms with Crippen LogP contribution in [0.3, 0.4) is 0 Å². The Kier molecular flexibility index (Phi) is 5.51. The van der Waals surface area contributed by atoms with E-state index in [9.17, 15) is 18.8 Å². The highest BCUT2D eigenvalue weighted by Crippen LogP contribution is 2.21. The lowest BCUT2D eigenvalue weighted by Crippen LogP contribution is -2.44. The molecular weight excluding hydrogens is 405 g/mol.